The molecule has 0 atom stereocenters. The summed E-state index contributed by atoms with van der Waals surface area (Å²) in [7, 11) is 1.32. The maximum absolute atomic E-state index is 15.1. The topological polar surface area (TPSA) is 79.5 Å². The van der Waals surface area contributed by atoms with E-state index in [4.69, 9.17) is 4.74 Å². The average molecular weight is 468 g/mol. The highest BCUT2D eigenvalue weighted by Crippen LogP contribution is 2.31. The van der Waals surface area contributed by atoms with Crippen molar-refractivity contribution < 1.29 is 18.7 Å². The molecule has 7 heteroatoms. The third-order valence-corrected chi connectivity index (χ3v) is 6.89. The van der Waals surface area contributed by atoms with Crippen molar-refractivity contribution >= 4 is 23.3 Å². The van der Waals surface area contributed by atoms with E-state index >= 15 is 4.39 Å². The Labute approximate surface area is 200 Å². The van der Waals surface area contributed by atoms with Crippen LogP contribution in [0.15, 0.2) is 36.4 Å². The van der Waals surface area contributed by atoms with E-state index in [0.717, 1.165) is 51.4 Å². The Morgan fingerprint density at radius 1 is 0.882 bits per heavy atom. The fourth-order valence-electron chi connectivity index (χ4n) is 5.00. The number of esters is 1. The van der Waals surface area contributed by atoms with Crippen LogP contribution in [-0.2, 0) is 11.3 Å². The lowest BCUT2D eigenvalue weighted by molar-refractivity contribution is 0.0598. The zero-order valence-corrected chi connectivity index (χ0v) is 19.8. The number of carbonyl (C=O) groups is 2. The Balaban J connectivity index is 1.54. The molecular formula is C27H34FN3O3. The van der Waals surface area contributed by atoms with Gasteiger partial charge in [0.05, 0.1) is 23.9 Å². The van der Waals surface area contributed by atoms with Gasteiger partial charge in [-0.2, -0.15) is 0 Å². The van der Waals surface area contributed by atoms with Gasteiger partial charge in [-0.15, -0.1) is 0 Å². The lowest BCUT2D eigenvalue weighted by Crippen LogP contribution is -2.27. The Morgan fingerprint density at radius 2 is 1.50 bits per heavy atom. The molecule has 0 bridgehead atoms. The summed E-state index contributed by atoms with van der Waals surface area (Å²) in [6.45, 7) is 0.136. The van der Waals surface area contributed by atoms with Crippen LogP contribution < -0.4 is 16.0 Å². The highest BCUT2D eigenvalue weighted by Gasteiger charge is 2.23. The van der Waals surface area contributed by atoms with Gasteiger partial charge < -0.3 is 20.7 Å². The summed E-state index contributed by atoms with van der Waals surface area (Å²) in [4.78, 5) is 25.2. The van der Waals surface area contributed by atoms with Gasteiger partial charge in [0.1, 0.15) is 5.82 Å². The van der Waals surface area contributed by atoms with Gasteiger partial charge in [0.2, 0.25) is 0 Å². The van der Waals surface area contributed by atoms with Gasteiger partial charge in [0.25, 0.3) is 5.91 Å². The molecule has 2 aromatic rings. The normalized spacial score (nSPS) is 16.8. The molecule has 2 aliphatic carbocycles. The highest BCUT2D eigenvalue weighted by molar-refractivity contribution is 6.00. The van der Waals surface area contributed by atoms with E-state index in [1.165, 1.54) is 19.6 Å². The summed E-state index contributed by atoms with van der Waals surface area (Å²) in [6.07, 6.45) is 9.98. The molecule has 0 aromatic heterocycles. The first-order chi connectivity index (χ1) is 16.5. The monoisotopic (exact) mass is 467 g/mol. The van der Waals surface area contributed by atoms with Gasteiger partial charge >= 0.3 is 5.97 Å². The molecule has 6 nitrogen and oxygen atoms in total. The first-order valence-electron chi connectivity index (χ1n) is 12.4. The number of amides is 1. The maximum Gasteiger partial charge on any atom is 0.338 e. The van der Waals surface area contributed by atoms with Gasteiger partial charge in [-0.1, -0.05) is 50.3 Å². The van der Waals surface area contributed by atoms with Crippen molar-refractivity contribution in [1.29, 1.82) is 0 Å². The number of halogens is 1. The van der Waals surface area contributed by atoms with Gasteiger partial charge in [0.15, 0.2) is 0 Å². The lowest BCUT2D eigenvalue weighted by Gasteiger charge is -2.25. The molecule has 2 fully saturated rings. The average Bonchev–Trinajstić information content (AvgIpc) is 3.38. The number of ether oxygens (including phenoxy) is 1. The van der Waals surface area contributed by atoms with Gasteiger partial charge in [0, 0.05) is 24.3 Å². The molecule has 0 radical (unpaired) electrons. The minimum Gasteiger partial charge on any atom is -0.465 e. The van der Waals surface area contributed by atoms with Crippen LogP contribution in [0.25, 0.3) is 0 Å². The molecule has 2 saturated carbocycles. The summed E-state index contributed by atoms with van der Waals surface area (Å²) < 4.78 is 19.9. The first-order valence-corrected chi connectivity index (χ1v) is 12.4. The molecule has 3 N–H and O–H groups in total. The summed E-state index contributed by atoms with van der Waals surface area (Å²) >= 11 is 0. The molecule has 0 unspecified atom stereocenters. The third-order valence-electron chi connectivity index (χ3n) is 6.89. The second-order valence-corrected chi connectivity index (χ2v) is 9.31. The predicted octanol–water partition coefficient (Wildman–Crippen LogP) is 5.64. The highest BCUT2D eigenvalue weighted by atomic mass is 19.1. The fourth-order valence-corrected chi connectivity index (χ4v) is 5.00. The fraction of sp³-hybridized carbons (Fsp3) is 0.481. The van der Waals surface area contributed by atoms with E-state index in [-0.39, 0.29) is 30.1 Å². The van der Waals surface area contributed by atoms with Crippen molar-refractivity contribution in [2.75, 3.05) is 17.7 Å². The summed E-state index contributed by atoms with van der Waals surface area (Å²) in [5, 5.41) is 9.71. The maximum atomic E-state index is 15.1. The quantitative estimate of drug-likeness (QED) is 0.438. The zero-order valence-electron chi connectivity index (χ0n) is 19.8. The molecule has 2 aromatic carbocycles. The van der Waals surface area contributed by atoms with E-state index in [1.807, 2.05) is 0 Å². The van der Waals surface area contributed by atoms with E-state index in [2.05, 4.69) is 16.0 Å². The number of benzene rings is 2. The SMILES string of the molecule is COC(=O)c1ccccc1CNC(=O)c1cc(F)c(NC2CCCCC2)cc1NC1CCCC1. The van der Waals surface area contributed by atoms with Crippen LogP contribution in [0, 0.1) is 5.82 Å². The van der Waals surface area contributed by atoms with Crippen molar-refractivity contribution in [3.63, 3.8) is 0 Å². The standard InChI is InChI=1S/C27H34FN3O3/c1-34-27(33)21-14-8-5-9-18(21)17-29-26(32)22-15-23(28)25(31-20-10-3-2-4-11-20)16-24(22)30-19-12-6-7-13-19/h5,8-9,14-16,19-20,30-31H,2-4,6-7,10-13,17H2,1H3,(H,29,32). The molecule has 0 saturated heterocycles. The van der Waals surface area contributed by atoms with Crippen LogP contribution >= 0.6 is 0 Å². The minimum absolute atomic E-state index is 0.136. The third kappa shape index (κ3) is 5.88. The number of anilines is 2. The van der Waals surface area contributed by atoms with E-state index in [9.17, 15) is 9.59 Å². The molecule has 4 rings (SSSR count). The van der Waals surface area contributed by atoms with Crippen molar-refractivity contribution in [1.82, 2.24) is 5.32 Å². The Kier molecular flexibility index (Phi) is 8.03. The van der Waals surface area contributed by atoms with Crippen LogP contribution in [0.5, 0.6) is 0 Å². The largest absolute Gasteiger partial charge is 0.465 e. The van der Waals surface area contributed by atoms with Crippen molar-refractivity contribution in [2.45, 2.75) is 76.4 Å². The summed E-state index contributed by atoms with van der Waals surface area (Å²) in [5.74, 6) is -1.27. The van der Waals surface area contributed by atoms with Gasteiger partial charge in [-0.25, -0.2) is 9.18 Å². The smallest absolute Gasteiger partial charge is 0.338 e. The number of methoxy groups -OCH3 is 1. The van der Waals surface area contributed by atoms with Crippen LogP contribution in [-0.4, -0.2) is 31.1 Å². The predicted molar refractivity (Wildman–Crippen MR) is 132 cm³/mol. The van der Waals surface area contributed by atoms with Gasteiger partial charge in [-0.3, -0.25) is 4.79 Å². The second kappa shape index (κ2) is 11.4. The van der Waals surface area contributed by atoms with E-state index in [0.29, 0.717) is 22.5 Å². The van der Waals surface area contributed by atoms with Crippen LogP contribution in [0.1, 0.15) is 84.1 Å². The minimum atomic E-state index is -0.461. The molecular weight excluding hydrogens is 433 g/mol. The molecule has 0 heterocycles. The van der Waals surface area contributed by atoms with E-state index in [1.54, 1.807) is 30.3 Å². The number of hydrogen-bond donors (Lipinski definition) is 3. The van der Waals surface area contributed by atoms with Crippen molar-refractivity contribution in [2.24, 2.45) is 0 Å². The summed E-state index contributed by atoms with van der Waals surface area (Å²) in [5.41, 5.74) is 2.40. The van der Waals surface area contributed by atoms with Gasteiger partial charge in [-0.05, 0) is 49.4 Å². The van der Waals surface area contributed by atoms with Crippen LogP contribution in [0.3, 0.4) is 0 Å². The van der Waals surface area contributed by atoms with Crippen molar-refractivity contribution in [3.8, 4) is 0 Å². The van der Waals surface area contributed by atoms with Crippen molar-refractivity contribution in [3.05, 3.63) is 58.9 Å². The summed E-state index contributed by atoms with van der Waals surface area (Å²) in [6, 6.07) is 10.6. The Bertz CT molecular complexity index is 1010. The second-order valence-electron chi connectivity index (χ2n) is 9.31. The molecule has 1 amide bonds. The molecule has 34 heavy (non-hydrogen) atoms. The number of carbonyl (C=O) groups excluding carboxylic acids is 2. The Morgan fingerprint density at radius 3 is 2.18 bits per heavy atom. The number of nitrogens with one attached hydrogen (secondary N) is 3. The lowest BCUT2D eigenvalue weighted by atomic mass is 9.95. The Hall–Kier alpha value is -3.09. The number of rotatable bonds is 8. The molecule has 2 aliphatic rings. The van der Waals surface area contributed by atoms with Crippen LogP contribution in [0.4, 0.5) is 15.8 Å². The van der Waals surface area contributed by atoms with E-state index < -0.39 is 11.8 Å². The molecule has 0 aliphatic heterocycles. The molecule has 0 spiro atoms. The zero-order chi connectivity index (χ0) is 23.9. The number of hydrogen-bond acceptors (Lipinski definition) is 5. The first kappa shape index (κ1) is 24.0. The van der Waals surface area contributed by atoms with Crippen LogP contribution in [0.2, 0.25) is 0 Å². The molecule has 182 valence electrons.